The number of hydrogen-bond acceptors (Lipinski definition) is 2. The molecule has 1 aromatic carbocycles. The van der Waals surface area contributed by atoms with Gasteiger partial charge in [-0.2, -0.15) is 0 Å². The van der Waals surface area contributed by atoms with Gasteiger partial charge in [-0.05, 0) is 93.9 Å². The van der Waals surface area contributed by atoms with Crippen molar-refractivity contribution in [2.75, 3.05) is 0 Å². The molecule has 0 radical (unpaired) electrons. The second-order valence-electron chi connectivity index (χ2n) is 10.5. The van der Waals surface area contributed by atoms with E-state index in [0.29, 0.717) is 18.0 Å². The van der Waals surface area contributed by atoms with Crippen LogP contribution < -0.4 is 11.1 Å². The van der Waals surface area contributed by atoms with Crippen molar-refractivity contribution in [2.45, 2.75) is 88.6 Å². The SMILES string of the molecule is Cc1ccc(C23CC4CC(CC(C(=O)NC5CCC(N)CC5)(C4)C2)C3)cc1.Cl. The number of nitrogens with one attached hydrogen (secondary N) is 1. The van der Waals surface area contributed by atoms with Crippen LogP contribution >= 0.6 is 12.4 Å². The van der Waals surface area contributed by atoms with Crippen LogP contribution in [0.3, 0.4) is 0 Å². The van der Waals surface area contributed by atoms with Crippen molar-refractivity contribution >= 4 is 18.3 Å². The van der Waals surface area contributed by atoms with Crippen LogP contribution in [-0.4, -0.2) is 18.0 Å². The van der Waals surface area contributed by atoms with Crippen molar-refractivity contribution in [2.24, 2.45) is 23.0 Å². The number of hydrogen-bond donors (Lipinski definition) is 2. The summed E-state index contributed by atoms with van der Waals surface area (Å²) in [5.41, 5.74) is 8.99. The van der Waals surface area contributed by atoms with E-state index >= 15 is 0 Å². The molecular weight excluding hydrogens is 368 g/mol. The number of halogens is 1. The molecule has 5 aliphatic carbocycles. The summed E-state index contributed by atoms with van der Waals surface area (Å²) >= 11 is 0. The molecule has 28 heavy (non-hydrogen) atoms. The predicted octanol–water partition coefficient (Wildman–Crippen LogP) is 4.64. The summed E-state index contributed by atoms with van der Waals surface area (Å²) in [6, 6.07) is 9.88. The van der Waals surface area contributed by atoms with E-state index in [0.717, 1.165) is 56.8 Å². The molecule has 5 fully saturated rings. The Labute approximate surface area is 175 Å². The second-order valence-corrected chi connectivity index (χ2v) is 10.5. The first kappa shape index (κ1) is 20.2. The standard InChI is InChI=1S/C24H34N2O.ClH/c1-16-2-4-19(5-3-16)23-11-17-10-18(12-23)14-24(13-17,15-23)22(27)26-21-8-6-20(25)7-9-21;/h2-5,17-18,20-21H,6-15,25H2,1H3,(H,26,27);1H. The molecule has 0 aromatic heterocycles. The van der Waals surface area contributed by atoms with Gasteiger partial charge in [-0.25, -0.2) is 0 Å². The van der Waals surface area contributed by atoms with Crippen LogP contribution in [-0.2, 0) is 10.2 Å². The highest BCUT2D eigenvalue weighted by atomic mass is 35.5. The first-order valence-corrected chi connectivity index (χ1v) is 11.1. The Morgan fingerprint density at radius 3 is 2.21 bits per heavy atom. The zero-order valence-corrected chi connectivity index (χ0v) is 17.9. The summed E-state index contributed by atoms with van der Waals surface area (Å²) in [4.78, 5) is 13.5. The van der Waals surface area contributed by atoms with Gasteiger partial charge in [0.05, 0.1) is 5.41 Å². The van der Waals surface area contributed by atoms with E-state index in [1.165, 1.54) is 30.4 Å². The van der Waals surface area contributed by atoms with Gasteiger partial charge < -0.3 is 11.1 Å². The van der Waals surface area contributed by atoms with Crippen LogP contribution in [0.15, 0.2) is 24.3 Å². The Morgan fingerprint density at radius 1 is 1.00 bits per heavy atom. The van der Waals surface area contributed by atoms with Gasteiger partial charge in [0, 0.05) is 12.1 Å². The van der Waals surface area contributed by atoms with Gasteiger partial charge in [0.25, 0.3) is 0 Å². The molecule has 2 unspecified atom stereocenters. The molecule has 5 saturated carbocycles. The number of carbonyl (C=O) groups excluding carboxylic acids is 1. The lowest BCUT2D eigenvalue weighted by atomic mass is 9.42. The van der Waals surface area contributed by atoms with Crippen molar-refractivity contribution in [3.05, 3.63) is 35.4 Å². The summed E-state index contributed by atoms with van der Waals surface area (Å²) < 4.78 is 0. The highest BCUT2D eigenvalue weighted by Gasteiger charge is 2.61. The van der Waals surface area contributed by atoms with Crippen LogP contribution in [0.2, 0.25) is 0 Å². The van der Waals surface area contributed by atoms with E-state index in [2.05, 4.69) is 36.5 Å². The molecule has 6 rings (SSSR count). The minimum absolute atomic E-state index is 0. The Bertz CT molecular complexity index is 709. The molecule has 5 aliphatic rings. The maximum Gasteiger partial charge on any atom is 0.226 e. The van der Waals surface area contributed by atoms with E-state index in [-0.39, 0.29) is 23.2 Å². The molecule has 0 saturated heterocycles. The van der Waals surface area contributed by atoms with Crippen molar-refractivity contribution in [1.29, 1.82) is 0 Å². The zero-order chi connectivity index (χ0) is 18.6. The third-order valence-electron chi connectivity index (χ3n) is 8.31. The largest absolute Gasteiger partial charge is 0.353 e. The zero-order valence-electron chi connectivity index (χ0n) is 17.1. The Morgan fingerprint density at radius 2 is 1.61 bits per heavy atom. The highest BCUT2D eigenvalue weighted by molar-refractivity contribution is 5.85. The normalized spacial score (nSPS) is 41.4. The molecule has 154 valence electrons. The number of amides is 1. The molecule has 4 heteroatoms. The number of rotatable bonds is 3. The van der Waals surface area contributed by atoms with E-state index in [9.17, 15) is 4.79 Å². The summed E-state index contributed by atoms with van der Waals surface area (Å²) in [5.74, 6) is 1.84. The van der Waals surface area contributed by atoms with Crippen molar-refractivity contribution < 1.29 is 4.79 Å². The Kier molecular flexibility index (Phi) is 5.29. The molecule has 1 amide bonds. The number of benzene rings is 1. The molecule has 0 heterocycles. The fourth-order valence-electron chi connectivity index (χ4n) is 7.38. The van der Waals surface area contributed by atoms with Crippen LogP contribution in [0.25, 0.3) is 0 Å². The van der Waals surface area contributed by atoms with Crippen LogP contribution in [0.1, 0.15) is 75.3 Å². The minimum atomic E-state index is -0.117. The van der Waals surface area contributed by atoms with Gasteiger partial charge in [0.1, 0.15) is 0 Å². The fraction of sp³-hybridized carbons (Fsp3) is 0.708. The van der Waals surface area contributed by atoms with E-state index in [1.807, 2.05) is 0 Å². The predicted molar refractivity (Wildman–Crippen MR) is 116 cm³/mol. The Balaban J connectivity index is 0.00000192. The Hall–Kier alpha value is -1.06. The van der Waals surface area contributed by atoms with Gasteiger partial charge in [-0.15, -0.1) is 12.4 Å². The highest BCUT2D eigenvalue weighted by Crippen LogP contribution is 2.65. The fourth-order valence-corrected chi connectivity index (χ4v) is 7.38. The van der Waals surface area contributed by atoms with E-state index < -0.39 is 0 Å². The minimum Gasteiger partial charge on any atom is -0.353 e. The molecule has 0 aliphatic heterocycles. The van der Waals surface area contributed by atoms with E-state index in [1.54, 1.807) is 0 Å². The molecule has 3 N–H and O–H groups in total. The van der Waals surface area contributed by atoms with E-state index in [4.69, 9.17) is 5.73 Å². The van der Waals surface area contributed by atoms with Gasteiger partial charge in [-0.3, -0.25) is 4.79 Å². The van der Waals surface area contributed by atoms with Gasteiger partial charge in [0.15, 0.2) is 0 Å². The lowest BCUT2D eigenvalue weighted by Crippen LogP contribution is -2.60. The number of aryl methyl sites for hydroxylation is 1. The van der Waals surface area contributed by atoms with Gasteiger partial charge in [-0.1, -0.05) is 29.8 Å². The molecule has 4 bridgehead atoms. The monoisotopic (exact) mass is 402 g/mol. The molecular formula is C24H35ClN2O. The van der Waals surface area contributed by atoms with Gasteiger partial charge in [0.2, 0.25) is 5.91 Å². The average molecular weight is 403 g/mol. The van der Waals surface area contributed by atoms with Crippen molar-refractivity contribution in [3.8, 4) is 0 Å². The first-order valence-electron chi connectivity index (χ1n) is 11.1. The third-order valence-corrected chi connectivity index (χ3v) is 8.31. The topological polar surface area (TPSA) is 55.1 Å². The average Bonchev–Trinajstić information content (AvgIpc) is 2.63. The van der Waals surface area contributed by atoms with Crippen LogP contribution in [0.5, 0.6) is 0 Å². The number of nitrogens with two attached hydrogens (primary N) is 1. The van der Waals surface area contributed by atoms with Crippen LogP contribution in [0.4, 0.5) is 0 Å². The van der Waals surface area contributed by atoms with Crippen molar-refractivity contribution in [3.63, 3.8) is 0 Å². The lowest BCUT2D eigenvalue weighted by Gasteiger charge is -2.61. The third kappa shape index (κ3) is 3.39. The maximum absolute atomic E-state index is 13.5. The maximum atomic E-state index is 13.5. The molecule has 2 atom stereocenters. The summed E-state index contributed by atoms with van der Waals surface area (Å²) in [6.07, 6.45) is 11.4. The molecule has 3 nitrogen and oxygen atoms in total. The second kappa shape index (κ2) is 7.32. The van der Waals surface area contributed by atoms with Crippen molar-refractivity contribution in [1.82, 2.24) is 5.32 Å². The quantitative estimate of drug-likeness (QED) is 0.773. The van der Waals surface area contributed by atoms with Crippen LogP contribution in [0, 0.1) is 24.2 Å². The van der Waals surface area contributed by atoms with Gasteiger partial charge >= 0.3 is 0 Å². The summed E-state index contributed by atoms with van der Waals surface area (Å²) in [6.45, 7) is 2.16. The first-order chi connectivity index (χ1) is 13.0. The number of carbonyl (C=O) groups is 1. The smallest absolute Gasteiger partial charge is 0.226 e. The molecule has 1 aromatic rings. The molecule has 0 spiro atoms. The summed E-state index contributed by atoms with van der Waals surface area (Å²) in [5, 5.41) is 3.48. The summed E-state index contributed by atoms with van der Waals surface area (Å²) in [7, 11) is 0. The lowest BCUT2D eigenvalue weighted by molar-refractivity contribution is -0.150.